The van der Waals surface area contributed by atoms with Crippen molar-refractivity contribution in [2.45, 2.75) is 68.6 Å². The Kier molecular flexibility index (Phi) is 10.0. The molecule has 3 rings (SSSR count). The summed E-state index contributed by atoms with van der Waals surface area (Å²) in [6.45, 7) is 5.53. The number of carbonyl (C=O) groups is 1. The Morgan fingerprint density at radius 2 is 1.85 bits per heavy atom. The van der Waals surface area contributed by atoms with Gasteiger partial charge in [-0.25, -0.2) is 4.39 Å². The molecule has 0 aliphatic carbocycles. The van der Waals surface area contributed by atoms with E-state index < -0.39 is 5.97 Å². The van der Waals surface area contributed by atoms with Crippen molar-refractivity contribution in [2.24, 2.45) is 5.41 Å². The van der Waals surface area contributed by atoms with Crippen molar-refractivity contribution >= 4 is 40.9 Å². The largest absolute Gasteiger partial charge is 0.492 e. The first-order valence-electron chi connectivity index (χ1n) is 12.1. The van der Waals surface area contributed by atoms with Gasteiger partial charge in [-0.2, -0.15) is 0 Å². The zero-order valence-electron chi connectivity index (χ0n) is 20.4. The summed E-state index contributed by atoms with van der Waals surface area (Å²) in [6.07, 6.45) is 9.02. The monoisotopic (exact) mass is 505 g/mol. The number of fused-ring (bicyclic) bond motifs is 1. The second-order valence-electron chi connectivity index (χ2n) is 9.02. The van der Waals surface area contributed by atoms with Crippen molar-refractivity contribution in [3.05, 3.63) is 42.2 Å². The van der Waals surface area contributed by atoms with Gasteiger partial charge >= 0.3 is 5.97 Å². The smallest absolute Gasteiger partial charge is 0.306 e. The van der Waals surface area contributed by atoms with E-state index in [9.17, 15) is 9.18 Å². The molecule has 0 spiro atoms. The highest BCUT2D eigenvalue weighted by atomic mass is 32.2. The molecule has 0 unspecified atom stereocenters. The predicted molar refractivity (Wildman–Crippen MR) is 142 cm³/mol. The number of unbranched alkanes of at least 4 members (excludes halogenated alkanes) is 2. The highest BCUT2D eigenvalue weighted by Gasteiger charge is 2.36. The molecule has 2 aromatic rings. The summed E-state index contributed by atoms with van der Waals surface area (Å²) >= 11 is 3.46. The van der Waals surface area contributed by atoms with E-state index in [1.54, 1.807) is 11.8 Å². The van der Waals surface area contributed by atoms with Gasteiger partial charge in [0, 0.05) is 22.9 Å². The van der Waals surface area contributed by atoms with Crippen molar-refractivity contribution in [2.75, 3.05) is 30.1 Å². The van der Waals surface area contributed by atoms with Crippen molar-refractivity contribution in [1.82, 2.24) is 0 Å². The molecule has 1 aliphatic heterocycles. The average Bonchev–Trinajstić information content (AvgIpc) is 2.98. The first kappa shape index (κ1) is 26.7. The van der Waals surface area contributed by atoms with Crippen LogP contribution in [-0.4, -0.2) is 36.2 Å². The Labute approximate surface area is 211 Å². The molecule has 34 heavy (non-hydrogen) atoms. The molecule has 2 aromatic carbocycles. The number of aliphatic carboxylic acids is 1. The van der Waals surface area contributed by atoms with Gasteiger partial charge in [0.1, 0.15) is 11.6 Å². The van der Waals surface area contributed by atoms with E-state index in [4.69, 9.17) is 9.84 Å². The van der Waals surface area contributed by atoms with Crippen LogP contribution in [0, 0.1) is 11.2 Å². The van der Waals surface area contributed by atoms with Crippen LogP contribution in [0.1, 0.15) is 58.8 Å². The lowest BCUT2D eigenvalue weighted by Gasteiger charge is -2.37. The molecule has 1 heterocycles. The van der Waals surface area contributed by atoms with Crippen LogP contribution in [0.15, 0.2) is 46.2 Å². The zero-order chi connectivity index (χ0) is 24.6. The van der Waals surface area contributed by atoms with Crippen LogP contribution < -0.4 is 9.64 Å². The second kappa shape index (κ2) is 12.7. The minimum Gasteiger partial charge on any atom is -0.492 e. The molecule has 0 fully saturated rings. The summed E-state index contributed by atoms with van der Waals surface area (Å²) in [5.41, 5.74) is 2.27. The molecule has 4 nitrogen and oxygen atoms in total. The molecule has 1 aliphatic rings. The highest BCUT2D eigenvalue weighted by molar-refractivity contribution is 7.99. The summed E-state index contributed by atoms with van der Waals surface area (Å²) < 4.78 is 19.7. The van der Waals surface area contributed by atoms with E-state index >= 15 is 0 Å². The number of thioether (sulfide) groups is 2. The lowest BCUT2D eigenvalue weighted by atomic mass is 9.79. The number of benzene rings is 2. The summed E-state index contributed by atoms with van der Waals surface area (Å²) in [7, 11) is 0. The van der Waals surface area contributed by atoms with Crippen LogP contribution in [0.4, 0.5) is 15.8 Å². The molecule has 0 radical (unpaired) electrons. The van der Waals surface area contributed by atoms with E-state index in [0.717, 1.165) is 39.2 Å². The third kappa shape index (κ3) is 6.85. The van der Waals surface area contributed by atoms with E-state index in [1.165, 1.54) is 50.7 Å². The Morgan fingerprint density at radius 1 is 1.18 bits per heavy atom. The van der Waals surface area contributed by atoms with Gasteiger partial charge in [-0.1, -0.05) is 39.5 Å². The number of hydrogen-bond acceptors (Lipinski definition) is 5. The van der Waals surface area contributed by atoms with Gasteiger partial charge in [-0.15, -0.1) is 23.5 Å². The van der Waals surface area contributed by atoms with Gasteiger partial charge in [-0.3, -0.25) is 4.79 Å². The fraction of sp³-hybridized carbons (Fsp3) is 0.519. The van der Waals surface area contributed by atoms with Crippen LogP contribution in [0.5, 0.6) is 5.75 Å². The van der Waals surface area contributed by atoms with Gasteiger partial charge in [0.15, 0.2) is 0 Å². The van der Waals surface area contributed by atoms with Crippen LogP contribution >= 0.6 is 23.5 Å². The van der Waals surface area contributed by atoms with E-state index in [1.807, 2.05) is 30.2 Å². The standard InChI is InChI=1S/C27H36FNO3S2/c1-4-6-13-27(14-7-5-2)18-29(21-10-8-20(28)9-11-21)22-16-25(33-3)23(17-24(22)34-19-27)32-15-12-26(30)31/h8-11,16-17H,4-7,12-15,18-19H2,1-3H3,(H,30,31). The Morgan fingerprint density at radius 3 is 2.44 bits per heavy atom. The molecule has 0 saturated carbocycles. The maximum absolute atomic E-state index is 13.8. The first-order chi connectivity index (χ1) is 16.4. The van der Waals surface area contributed by atoms with Gasteiger partial charge in [0.05, 0.1) is 23.6 Å². The maximum Gasteiger partial charge on any atom is 0.306 e. The van der Waals surface area contributed by atoms with Crippen molar-refractivity contribution in [3.8, 4) is 5.75 Å². The van der Waals surface area contributed by atoms with Crippen molar-refractivity contribution in [3.63, 3.8) is 0 Å². The molecule has 0 atom stereocenters. The lowest BCUT2D eigenvalue weighted by molar-refractivity contribution is -0.137. The molecule has 0 amide bonds. The van der Waals surface area contributed by atoms with Crippen LogP contribution in [0.25, 0.3) is 0 Å². The zero-order valence-corrected chi connectivity index (χ0v) is 22.1. The second-order valence-corrected chi connectivity index (χ2v) is 10.9. The molecule has 0 saturated heterocycles. The molecule has 1 N–H and O–H groups in total. The first-order valence-corrected chi connectivity index (χ1v) is 14.3. The summed E-state index contributed by atoms with van der Waals surface area (Å²) in [5.74, 6) is 0.649. The number of carboxylic acid groups (broad SMARTS) is 1. The number of carboxylic acids is 1. The number of rotatable bonds is 12. The van der Waals surface area contributed by atoms with Gasteiger partial charge in [-0.05, 0) is 60.9 Å². The summed E-state index contributed by atoms with van der Waals surface area (Å²) in [6, 6.07) is 11.0. The Hall–Kier alpha value is -1.86. The molecule has 0 aromatic heterocycles. The number of anilines is 2. The number of halogens is 1. The number of hydrogen-bond donors (Lipinski definition) is 1. The maximum atomic E-state index is 13.8. The Bertz CT molecular complexity index is 944. The van der Waals surface area contributed by atoms with Gasteiger partial charge < -0.3 is 14.7 Å². The fourth-order valence-electron chi connectivity index (χ4n) is 4.46. The van der Waals surface area contributed by atoms with E-state index in [0.29, 0.717) is 0 Å². The van der Waals surface area contributed by atoms with Gasteiger partial charge in [0.25, 0.3) is 0 Å². The quantitative estimate of drug-likeness (QED) is 0.295. The highest BCUT2D eigenvalue weighted by Crippen LogP contribution is 2.50. The molecular formula is C27H36FNO3S2. The average molecular weight is 506 g/mol. The summed E-state index contributed by atoms with van der Waals surface area (Å²) in [5, 5.41) is 9.00. The Balaban J connectivity index is 2.05. The minimum absolute atomic E-state index is 0.0309. The SMILES string of the molecule is CCCCC1(CCCC)CSc2cc(OCCC(=O)O)c(SC)cc2N(c2ccc(F)cc2)C1. The lowest BCUT2D eigenvalue weighted by Crippen LogP contribution is -2.36. The number of ether oxygens (including phenoxy) is 1. The minimum atomic E-state index is -0.867. The third-order valence-corrected chi connectivity index (χ3v) is 8.55. The summed E-state index contributed by atoms with van der Waals surface area (Å²) in [4.78, 5) is 15.4. The topological polar surface area (TPSA) is 49.8 Å². The van der Waals surface area contributed by atoms with Crippen LogP contribution in [-0.2, 0) is 4.79 Å². The van der Waals surface area contributed by atoms with E-state index in [2.05, 4.69) is 30.9 Å². The van der Waals surface area contributed by atoms with Crippen molar-refractivity contribution in [1.29, 1.82) is 0 Å². The normalized spacial score (nSPS) is 15.0. The molecule has 186 valence electrons. The third-order valence-electron chi connectivity index (χ3n) is 6.40. The predicted octanol–water partition coefficient (Wildman–Crippen LogP) is 8.01. The van der Waals surface area contributed by atoms with Gasteiger partial charge in [0.2, 0.25) is 0 Å². The molecular weight excluding hydrogens is 469 g/mol. The van der Waals surface area contributed by atoms with Crippen LogP contribution in [0.3, 0.4) is 0 Å². The van der Waals surface area contributed by atoms with E-state index in [-0.39, 0.29) is 24.3 Å². The molecule has 0 bridgehead atoms. The van der Waals surface area contributed by atoms with Crippen LogP contribution in [0.2, 0.25) is 0 Å². The molecule has 7 heteroatoms. The van der Waals surface area contributed by atoms with Crippen molar-refractivity contribution < 1.29 is 19.0 Å². The number of nitrogens with zero attached hydrogens (tertiary/aromatic N) is 1. The fourth-order valence-corrected chi connectivity index (χ4v) is 6.35.